The first-order chi connectivity index (χ1) is 15.1. The average Bonchev–Trinajstić information content (AvgIpc) is 3.25. The number of amides is 1. The Labute approximate surface area is 203 Å². The van der Waals surface area contributed by atoms with Crippen LogP contribution in [-0.4, -0.2) is 17.2 Å². The number of esters is 1. The van der Waals surface area contributed by atoms with Crippen LogP contribution in [0, 0.1) is 28.6 Å². The van der Waals surface area contributed by atoms with E-state index in [-0.39, 0.29) is 23.2 Å². The summed E-state index contributed by atoms with van der Waals surface area (Å²) in [6.45, 7) is 4.03. The molecule has 3 N–H and O–H groups in total. The molecule has 1 aliphatic carbocycles. The molecular weight excluding hydrogens is 544 g/mol. The van der Waals surface area contributed by atoms with E-state index in [9.17, 15) is 10.1 Å². The highest BCUT2D eigenvalue weighted by atomic mass is 79.9. The van der Waals surface area contributed by atoms with Crippen LogP contribution in [0.1, 0.15) is 25.5 Å². The van der Waals surface area contributed by atoms with Gasteiger partial charge in [0.25, 0.3) is 0 Å². The normalized spacial score (nSPS) is 18.6. The SMILES string of the molecule is CC1(C)[C@H](C(=O)O[C@H](C#N)c2cccc(Oc3ccccc3)c2)[C@@H]1C=C(Br)Br.NC(=O)O. The second kappa shape index (κ2) is 11.2. The van der Waals surface area contributed by atoms with Gasteiger partial charge in [-0.3, -0.25) is 4.79 Å². The minimum Gasteiger partial charge on any atom is -0.465 e. The predicted molar refractivity (Wildman–Crippen MR) is 126 cm³/mol. The van der Waals surface area contributed by atoms with Gasteiger partial charge in [-0.1, -0.05) is 50.3 Å². The highest BCUT2D eigenvalue weighted by Crippen LogP contribution is 2.60. The molecular formula is C23H22Br2N2O5. The third-order valence-electron chi connectivity index (χ3n) is 4.96. The zero-order chi connectivity index (χ0) is 23.9. The third-order valence-corrected chi connectivity index (χ3v) is 5.49. The van der Waals surface area contributed by atoms with Crippen LogP contribution < -0.4 is 10.5 Å². The summed E-state index contributed by atoms with van der Waals surface area (Å²) in [5.41, 5.74) is 4.40. The number of ether oxygens (including phenoxy) is 2. The molecule has 1 fully saturated rings. The number of hydrogen-bond acceptors (Lipinski definition) is 5. The van der Waals surface area contributed by atoms with E-state index in [0.717, 1.165) is 3.39 Å². The third kappa shape index (κ3) is 7.11. The highest BCUT2D eigenvalue weighted by Gasteiger charge is 2.61. The number of nitrogens with zero attached hydrogens (tertiary/aromatic N) is 1. The van der Waals surface area contributed by atoms with Gasteiger partial charge in [-0.05, 0) is 67.5 Å². The van der Waals surface area contributed by atoms with Crippen molar-refractivity contribution < 1.29 is 24.2 Å². The topological polar surface area (TPSA) is 123 Å². The number of allylic oxidation sites excluding steroid dienone is 1. The van der Waals surface area contributed by atoms with Crippen molar-refractivity contribution in [3.05, 3.63) is 69.6 Å². The first-order valence-corrected chi connectivity index (χ1v) is 11.1. The quantitative estimate of drug-likeness (QED) is 0.407. The summed E-state index contributed by atoms with van der Waals surface area (Å²) in [5.74, 6) is 0.683. The van der Waals surface area contributed by atoms with Crippen molar-refractivity contribution in [3.8, 4) is 17.6 Å². The van der Waals surface area contributed by atoms with Gasteiger partial charge in [0, 0.05) is 5.56 Å². The Hall–Kier alpha value is -2.83. The first kappa shape index (κ1) is 25.4. The van der Waals surface area contributed by atoms with Gasteiger partial charge in [0.15, 0.2) is 0 Å². The maximum Gasteiger partial charge on any atom is 0.402 e. The van der Waals surface area contributed by atoms with Gasteiger partial charge >= 0.3 is 12.1 Å². The summed E-state index contributed by atoms with van der Waals surface area (Å²) in [5, 5.41) is 16.8. The number of benzene rings is 2. The minimum absolute atomic E-state index is 0.0563. The largest absolute Gasteiger partial charge is 0.465 e. The molecule has 32 heavy (non-hydrogen) atoms. The molecule has 0 bridgehead atoms. The van der Waals surface area contributed by atoms with Gasteiger partial charge in [-0.2, -0.15) is 5.26 Å². The van der Waals surface area contributed by atoms with Crippen LogP contribution in [0.25, 0.3) is 0 Å². The Kier molecular flexibility index (Phi) is 8.87. The van der Waals surface area contributed by atoms with Crippen molar-refractivity contribution in [2.75, 3.05) is 0 Å². The van der Waals surface area contributed by atoms with E-state index < -0.39 is 12.2 Å². The highest BCUT2D eigenvalue weighted by molar-refractivity contribution is 9.28. The lowest BCUT2D eigenvalue weighted by Crippen LogP contribution is -2.14. The Morgan fingerprint density at radius 1 is 1.16 bits per heavy atom. The fourth-order valence-electron chi connectivity index (χ4n) is 3.30. The Morgan fingerprint density at radius 2 is 1.75 bits per heavy atom. The fraction of sp³-hybridized carbons (Fsp3) is 0.261. The lowest BCUT2D eigenvalue weighted by molar-refractivity contribution is -0.149. The number of primary amides is 1. The van der Waals surface area contributed by atoms with E-state index in [1.54, 1.807) is 24.3 Å². The van der Waals surface area contributed by atoms with Crippen LogP contribution in [0.3, 0.4) is 0 Å². The number of rotatable bonds is 6. The summed E-state index contributed by atoms with van der Waals surface area (Å²) >= 11 is 6.68. The lowest BCUT2D eigenvalue weighted by Gasteiger charge is -2.13. The molecule has 3 atom stereocenters. The van der Waals surface area contributed by atoms with Gasteiger partial charge in [0.05, 0.1) is 9.31 Å². The number of para-hydroxylation sites is 1. The standard InChI is InChI=1S/C22H19Br2NO3.CH3NO2/c1-22(2)17(12-19(23)24)20(22)21(26)28-18(13-25)14-7-6-10-16(11-14)27-15-8-4-3-5-9-15;2-1(3)4/h3-12,17-18,20H,1-2H3;2H2,(H,3,4)/t17-,18+,20-;/m0./s1. The fourth-order valence-corrected chi connectivity index (χ4v) is 3.87. The summed E-state index contributed by atoms with van der Waals surface area (Å²) < 4.78 is 12.2. The molecule has 2 aromatic rings. The molecule has 2 aromatic carbocycles. The molecule has 0 heterocycles. The zero-order valence-electron chi connectivity index (χ0n) is 17.4. The van der Waals surface area contributed by atoms with Crippen molar-refractivity contribution in [2.45, 2.75) is 20.0 Å². The molecule has 3 rings (SSSR count). The lowest BCUT2D eigenvalue weighted by atomic mass is 10.1. The second-order valence-corrected chi connectivity index (χ2v) is 10.3. The monoisotopic (exact) mass is 564 g/mol. The molecule has 0 radical (unpaired) electrons. The van der Waals surface area contributed by atoms with E-state index in [1.807, 2.05) is 50.3 Å². The van der Waals surface area contributed by atoms with Crippen LogP contribution in [0.5, 0.6) is 11.5 Å². The zero-order valence-corrected chi connectivity index (χ0v) is 20.5. The molecule has 1 amide bonds. The Balaban J connectivity index is 0.000000837. The van der Waals surface area contributed by atoms with Gasteiger partial charge in [0.2, 0.25) is 6.10 Å². The smallest absolute Gasteiger partial charge is 0.402 e. The summed E-state index contributed by atoms with van der Waals surface area (Å²) in [7, 11) is 0. The van der Waals surface area contributed by atoms with Crippen molar-refractivity contribution in [1.29, 1.82) is 5.26 Å². The molecule has 9 heteroatoms. The van der Waals surface area contributed by atoms with Crippen LogP contribution in [0.15, 0.2) is 64.1 Å². The number of halogens is 2. The maximum absolute atomic E-state index is 12.7. The van der Waals surface area contributed by atoms with Crippen LogP contribution in [-0.2, 0) is 9.53 Å². The molecule has 1 saturated carbocycles. The van der Waals surface area contributed by atoms with E-state index in [4.69, 9.17) is 19.4 Å². The van der Waals surface area contributed by atoms with Gasteiger partial charge in [0.1, 0.15) is 17.6 Å². The Morgan fingerprint density at radius 3 is 2.31 bits per heavy atom. The molecule has 0 aromatic heterocycles. The maximum atomic E-state index is 12.7. The summed E-state index contributed by atoms with van der Waals surface area (Å²) in [4.78, 5) is 21.4. The molecule has 0 aliphatic heterocycles. The summed E-state index contributed by atoms with van der Waals surface area (Å²) in [6.07, 6.45) is -0.373. The van der Waals surface area contributed by atoms with Gasteiger partial charge in [-0.15, -0.1) is 0 Å². The van der Waals surface area contributed by atoms with E-state index in [1.165, 1.54) is 0 Å². The first-order valence-electron chi connectivity index (χ1n) is 9.50. The number of nitrogens with two attached hydrogens (primary N) is 1. The number of carbonyl (C=O) groups excluding carboxylic acids is 1. The Bertz CT molecular complexity index is 1030. The predicted octanol–water partition coefficient (Wildman–Crippen LogP) is 6.11. The minimum atomic E-state index is -1.33. The van der Waals surface area contributed by atoms with Crippen LogP contribution in [0.4, 0.5) is 4.79 Å². The number of nitriles is 1. The van der Waals surface area contributed by atoms with Crippen molar-refractivity contribution in [3.63, 3.8) is 0 Å². The van der Waals surface area contributed by atoms with Crippen molar-refractivity contribution >= 4 is 43.9 Å². The number of hydrogen-bond donors (Lipinski definition) is 2. The molecule has 7 nitrogen and oxygen atoms in total. The molecule has 0 spiro atoms. The van der Waals surface area contributed by atoms with Crippen LogP contribution in [0.2, 0.25) is 0 Å². The number of carboxylic acid groups (broad SMARTS) is 1. The number of carbonyl (C=O) groups is 2. The average molecular weight is 566 g/mol. The van der Waals surface area contributed by atoms with E-state index in [2.05, 4.69) is 43.7 Å². The van der Waals surface area contributed by atoms with E-state index >= 15 is 0 Å². The van der Waals surface area contributed by atoms with Crippen molar-refractivity contribution in [2.24, 2.45) is 23.0 Å². The van der Waals surface area contributed by atoms with Gasteiger partial charge in [-0.25, -0.2) is 4.79 Å². The van der Waals surface area contributed by atoms with Gasteiger partial charge < -0.3 is 20.3 Å². The molecule has 1 aliphatic rings. The van der Waals surface area contributed by atoms with E-state index in [0.29, 0.717) is 17.1 Å². The molecule has 0 unspecified atom stereocenters. The summed E-state index contributed by atoms with van der Waals surface area (Å²) in [6, 6.07) is 18.5. The van der Waals surface area contributed by atoms with Crippen molar-refractivity contribution in [1.82, 2.24) is 0 Å². The van der Waals surface area contributed by atoms with Crippen LogP contribution >= 0.6 is 31.9 Å². The second-order valence-electron chi connectivity index (χ2n) is 7.55. The molecule has 0 saturated heterocycles. The molecule has 168 valence electrons.